The average molecular weight is 298 g/mol. The number of aromatic nitrogens is 2. The third-order valence-corrected chi connectivity index (χ3v) is 3.39. The molecular formula is C12H10BrClN2. The van der Waals surface area contributed by atoms with E-state index < -0.39 is 0 Å². The average Bonchev–Trinajstić information content (AvgIpc) is 2.29. The van der Waals surface area contributed by atoms with Crippen LogP contribution < -0.4 is 0 Å². The Balaban J connectivity index is 2.65. The first kappa shape index (κ1) is 11.6. The summed E-state index contributed by atoms with van der Waals surface area (Å²) in [4.78, 5) is 8.32. The van der Waals surface area contributed by atoms with E-state index in [2.05, 4.69) is 25.9 Å². The molecule has 0 spiro atoms. The molecule has 2 aromatic rings. The van der Waals surface area contributed by atoms with Crippen molar-refractivity contribution in [1.82, 2.24) is 9.97 Å². The molecule has 0 radical (unpaired) electrons. The van der Waals surface area contributed by atoms with Crippen molar-refractivity contribution in [1.29, 1.82) is 0 Å². The van der Waals surface area contributed by atoms with Gasteiger partial charge in [-0.1, -0.05) is 52.7 Å². The highest BCUT2D eigenvalue weighted by molar-refractivity contribution is 9.10. The highest BCUT2D eigenvalue weighted by Crippen LogP contribution is 2.31. The summed E-state index contributed by atoms with van der Waals surface area (Å²) in [6.45, 7) is 2.05. The van der Waals surface area contributed by atoms with Crippen molar-refractivity contribution in [3.05, 3.63) is 45.8 Å². The molecule has 0 aliphatic rings. The molecule has 82 valence electrons. The van der Waals surface area contributed by atoms with Crippen molar-refractivity contribution in [3.8, 4) is 11.3 Å². The molecule has 1 aromatic carbocycles. The van der Waals surface area contributed by atoms with E-state index in [1.165, 1.54) is 6.33 Å². The third-order valence-electron chi connectivity index (χ3n) is 2.38. The predicted molar refractivity (Wildman–Crippen MR) is 69.6 cm³/mol. The van der Waals surface area contributed by atoms with Crippen LogP contribution >= 0.6 is 27.5 Å². The largest absolute Gasteiger partial charge is 0.236 e. The maximum atomic E-state index is 6.07. The fourth-order valence-electron chi connectivity index (χ4n) is 1.59. The first-order chi connectivity index (χ1) is 7.74. The summed E-state index contributed by atoms with van der Waals surface area (Å²) < 4.78 is 1.01. The van der Waals surface area contributed by atoms with Gasteiger partial charge in [-0.2, -0.15) is 0 Å². The van der Waals surface area contributed by atoms with Gasteiger partial charge in [-0.15, -0.1) is 0 Å². The first-order valence-electron chi connectivity index (χ1n) is 4.98. The molecule has 16 heavy (non-hydrogen) atoms. The van der Waals surface area contributed by atoms with Crippen LogP contribution in [-0.2, 0) is 6.42 Å². The summed E-state index contributed by atoms with van der Waals surface area (Å²) in [5.41, 5.74) is 2.93. The van der Waals surface area contributed by atoms with Gasteiger partial charge in [0.05, 0.1) is 5.69 Å². The maximum Gasteiger partial charge on any atom is 0.136 e. The molecule has 0 aliphatic carbocycles. The summed E-state index contributed by atoms with van der Waals surface area (Å²) >= 11 is 9.58. The van der Waals surface area contributed by atoms with Gasteiger partial charge in [0.25, 0.3) is 0 Å². The molecule has 0 N–H and O–H groups in total. The summed E-state index contributed by atoms with van der Waals surface area (Å²) in [6, 6.07) is 7.96. The van der Waals surface area contributed by atoms with Crippen LogP contribution in [0.3, 0.4) is 0 Å². The Hall–Kier alpha value is -0.930. The number of hydrogen-bond acceptors (Lipinski definition) is 2. The molecule has 0 bridgehead atoms. The van der Waals surface area contributed by atoms with E-state index in [-0.39, 0.29) is 0 Å². The highest BCUT2D eigenvalue weighted by atomic mass is 79.9. The number of rotatable bonds is 2. The molecule has 2 nitrogen and oxygen atoms in total. The molecule has 0 saturated heterocycles. The van der Waals surface area contributed by atoms with Crippen molar-refractivity contribution in [2.75, 3.05) is 0 Å². The Labute approximate surface area is 108 Å². The third kappa shape index (κ3) is 2.11. The van der Waals surface area contributed by atoms with Gasteiger partial charge < -0.3 is 0 Å². The Bertz CT molecular complexity index is 514. The monoisotopic (exact) mass is 296 g/mol. The number of halogens is 2. The van der Waals surface area contributed by atoms with Crippen molar-refractivity contribution in [3.63, 3.8) is 0 Å². The van der Waals surface area contributed by atoms with Gasteiger partial charge >= 0.3 is 0 Å². The minimum absolute atomic E-state index is 0.531. The van der Waals surface area contributed by atoms with Crippen LogP contribution in [0.5, 0.6) is 0 Å². The summed E-state index contributed by atoms with van der Waals surface area (Å²) in [5, 5.41) is 0.531. The smallest absolute Gasteiger partial charge is 0.136 e. The number of hydrogen-bond donors (Lipinski definition) is 0. The highest BCUT2D eigenvalue weighted by Gasteiger charge is 2.11. The molecular weight excluding hydrogens is 288 g/mol. The maximum absolute atomic E-state index is 6.07. The van der Waals surface area contributed by atoms with Crippen LogP contribution in [0.25, 0.3) is 11.3 Å². The SMILES string of the molecule is CCc1c(Cl)ncnc1-c1ccccc1Br. The summed E-state index contributed by atoms with van der Waals surface area (Å²) in [7, 11) is 0. The van der Waals surface area contributed by atoms with E-state index in [0.29, 0.717) is 5.15 Å². The lowest BCUT2D eigenvalue weighted by atomic mass is 10.1. The molecule has 2 rings (SSSR count). The summed E-state index contributed by atoms with van der Waals surface area (Å²) in [5.74, 6) is 0. The fourth-order valence-corrected chi connectivity index (χ4v) is 2.33. The van der Waals surface area contributed by atoms with Crippen LogP contribution in [0.2, 0.25) is 5.15 Å². The molecule has 0 atom stereocenters. The van der Waals surface area contributed by atoms with Gasteiger partial charge in [-0.05, 0) is 12.5 Å². The van der Waals surface area contributed by atoms with E-state index >= 15 is 0 Å². The van der Waals surface area contributed by atoms with Gasteiger partial charge in [-0.3, -0.25) is 0 Å². The molecule has 0 amide bonds. The standard InChI is InChI=1S/C12H10BrClN2/c1-2-8-11(15-7-16-12(8)14)9-5-3-4-6-10(9)13/h3-7H,2H2,1H3. The molecule has 0 aliphatic heterocycles. The fraction of sp³-hybridized carbons (Fsp3) is 0.167. The number of nitrogens with zero attached hydrogens (tertiary/aromatic N) is 2. The van der Waals surface area contributed by atoms with Crippen molar-refractivity contribution in [2.45, 2.75) is 13.3 Å². The lowest BCUT2D eigenvalue weighted by Gasteiger charge is -2.09. The van der Waals surface area contributed by atoms with Crippen LogP contribution in [0.1, 0.15) is 12.5 Å². The van der Waals surface area contributed by atoms with Gasteiger partial charge in [0.1, 0.15) is 11.5 Å². The van der Waals surface area contributed by atoms with Crippen LogP contribution in [0.15, 0.2) is 35.1 Å². The quantitative estimate of drug-likeness (QED) is 0.779. The van der Waals surface area contributed by atoms with Crippen LogP contribution in [0.4, 0.5) is 0 Å². The Kier molecular flexibility index (Phi) is 3.56. The molecule has 4 heteroatoms. The molecule has 1 heterocycles. The first-order valence-corrected chi connectivity index (χ1v) is 6.15. The molecule has 0 unspecified atom stereocenters. The second-order valence-electron chi connectivity index (χ2n) is 3.33. The Morgan fingerprint density at radius 3 is 2.69 bits per heavy atom. The zero-order valence-electron chi connectivity index (χ0n) is 8.74. The second-order valence-corrected chi connectivity index (χ2v) is 4.54. The van der Waals surface area contributed by atoms with Gasteiger partial charge in [-0.25, -0.2) is 9.97 Å². The molecule has 1 aromatic heterocycles. The van der Waals surface area contributed by atoms with E-state index in [0.717, 1.165) is 27.7 Å². The van der Waals surface area contributed by atoms with Crippen molar-refractivity contribution in [2.24, 2.45) is 0 Å². The minimum atomic E-state index is 0.531. The molecule has 0 fully saturated rings. The van der Waals surface area contributed by atoms with E-state index in [9.17, 15) is 0 Å². The zero-order valence-corrected chi connectivity index (χ0v) is 11.1. The predicted octanol–water partition coefficient (Wildman–Crippen LogP) is 4.12. The Morgan fingerprint density at radius 1 is 1.25 bits per heavy atom. The van der Waals surface area contributed by atoms with Crippen molar-refractivity contribution < 1.29 is 0 Å². The zero-order chi connectivity index (χ0) is 11.5. The van der Waals surface area contributed by atoms with E-state index in [1.54, 1.807) is 0 Å². The van der Waals surface area contributed by atoms with Crippen molar-refractivity contribution >= 4 is 27.5 Å². The topological polar surface area (TPSA) is 25.8 Å². The second kappa shape index (κ2) is 4.93. The minimum Gasteiger partial charge on any atom is -0.236 e. The van der Waals surface area contributed by atoms with Gasteiger partial charge in [0.15, 0.2) is 0 Å². The Morgan fingerprint density at radius 2 is 2.00 bits per heavy atom. The lowest BCUT2D eigenvalue weighted by Crippen LogP contribution is -1.95. The normalized spacial score (nSPS) is 10.4. The van der Waals surface area contributed by atoms with Crippen LogP contribution in [0, 0.1) is 0 Å². The van der Waals surface area contributed by atoms with E-state index in [1.807, 2.05) is 31.2 Å². The molecule has 0 saturated carbocycles. The lowest BCUT2D eigenvalue weighted by molar-refractivity contribution is 1.05. The van der Waals surface area contributed by atoms with E-state index in [4.69, 9.17) is 11.6 Å². The van der Waals surface area contributed by atoms with Gasteiger partial charge in [0, 0.05) is 15.6 Å². The van der Waals surface area contributed by atoms with Gasteiger partial charge in [0.2, 0.25) is 0 Å². The van der Waals surface area contributed by atoms with Crippen LogP contribution in [-0.4, -0.2) is 9.97 Å². The number of benzene rings is 1. The summed E-state index contributed by atoms with van der Waals surface area (Å²) in [6.07, 6.45) is 2.31.